The summed E-state index contributed by atoms with van der Waals surface area (Å²) in [5, 5.41) is 8.93. The fourth-order valence-corrected chi connectivity index (χ4v) is 2.79. The second-order valence-corrected chi connectivity index (χ2v) is 5.10. The number of hydrogen-bond acceptors (Lipinski definition) is 3. The summed E-state index contributed by atoms with van der Waals surface area (Å²) < 4.78 is 5.20. The molecule has 2 aromatic carbocycles. The number of hydrogen-bond donors (Lipinski definition) is 0. The molecule has 0 spiro atoms. The Morgan fingerprint density at radius 1 is 1.18 bits per heavy atom. The average molecular weight is 289 g/mol. The van der Waals surface area contributed by atoms with Gasteiger partial charge >= 0.3 is 5.97 Å². The van der Waals surface area contributed by atoms with Gasteiger partial charge in [-0.3, -0.25) is 0 Å². The molecule has 0 amide bonds. The average Bonchev–Trinajstić information content (AvgIpc) is 2.95. The second kappa shape index (κ2) is 5.87. The maximum absolute atomic E-state index is 12.3. The van der Waals surface area contributed by atoms with E-state index in [9.17, 15) is 4.79 Å². The lowest BCUT2D eigenvalue weighted by molar-refractivity contribution is -0.138. The van der Waals surface area contributed by atoms with E-state index >= 15 is 0 Å². The van der Waals surface area contributed by atoms with Crippen LogP contribution in [0, 0.1) is 11.3 Å². The minimum absolute atomic E-state index is 0.266. The Morgan fingerprint density at radius 2 is 1.91 bits per heavy atom. The Hall–Kier alpha value is -2.86. The molecule has 0 aliphatic heterocycles. The van der Waals surface area contributed by atoms with Crippen LogP contribution in [-0.4, -0.2) is 12.6 Å². The molecule has 1 aliphatic rings. The lowest BCUT2D eigenvalue weighted by atomic mass is 9.97. The van der Waals surface area contributed by atoms with Crippen LogP contribution in [0.25, 0.3) is 5.57 Å². The first-order chi connectivity index (χ1) is 10.7. The summed E-state index contributed by atoms with van der Waals surface area (Å²) in [6, 6.07) is 17.4. The van der Waals surface area contributed by atoms with Crippen LogP contribution in [0.2, 0.25) is 0 Å². The molecule has 3 rings (SSSR count). The van der Waals surface area contributed by atoms with E-state index in [1.54, 1.807) is 12.1 Å². The standard InChI is InChI=1S/C19H15NO2/c1-2-22-19(21)17-11-15-5-3-4-6-16(15)18(17)14-9-7-13(12-20)8-10-14/h3-10H,2,11H2,1H3. The van der Waals surface area contributed by atoms with E-state index in [4.69, 9.17) is 10.00 Å². The molecule has 1 aliphatic carbocycles. The molecule has 3 nitrogen and oxygen atoms in total. The second-order valence-electron chi connectivity index (χ2n) is 5.10. The quantitative estimate of drug-likeness (QED) is 0.813. The van der Waals surface area contributed by atoms with Gasteiger partial charge in [-0.15, -0.1) is 0 Å². The van der Waals surface area contributed by atoms with Crippen LogP contribution in [-0.2, 0) is 16.0 Å². The topological polar surface area (TPSA) is 50.1 Å². The highest BCUT2D eigenvalue weighted by Gasteiger charge is 2.27. The molecule has 2 aromatic rings. The fraction of sp³-hybridized carbons (Fsp3) is 0.158. The number of carbonyl (C=O) groups is 1. The van der Waals surface area contributed by atoms with Crippen LogP contribution in [0.3, 0.4) is 0 Å². The summed E-state index contributed by atoms with van der Waals surface area (Å²) in [5.74, 6) is -0.266. The van der Waals surface area contributed by atoms with Crippen LogP contribution in [0.4, 0.5) is 0 Å². The Labute approximate surface area is 129 Å². The van der Waals surface area contributed by atoms with Crippen LogP contribution in [0.15, 0.2) is 54.1 Å². The first-order valence-corrected chi connectivity index (χ1v) is 7.23. The Morgan fingerprint density at radius 3 is 2.59 bits per heavy atom. The van der Waals surface area contributed by atoms with Gasteiger partial charge in [-0.1, -0.05) is 36.4 Å². The Balaban J connectivity index is 2.13. The van der Waals surface area contributed by atoms with E-state index < -0.39 is 0 Å². The molecule has 0 saturated heterocycles. The number of esters is 1. The lowest BCUT2D eigenvalue weighted by Gasteiger charge is -2.09. The van der Waals surface area contributed by atoms with E-state index in [-0.39, 0.29) is 5.97 Å². The number of fused-ring (bicyclic) bond motifs is 1. The summed E-state index contributed by atoms with van der Waals surface area (Å²) in [7, 11) is 0. The van der Waals surface area contributed by atoms with Crippen molar-refractivity contribution in [3.8, 4) is 6.07 Å². The van der Waals surface area contributed by atoms with Gasteiger partial charge in [0.2, 0.25) is 0 Å². The lowest BCUT2D eigenvalue weighted by Crippen LogP contribution is -2.09. The number of nitrogens with zero attached hydrogens (tertiary/aromatic N) is 1. The first kappa shape index (κ1) is 14.1. The molecule has 22 heavy (non-hydrogen) atoms. The zero-order chi connectivity index (χ0) is 15.5. The van der Waals surface area contributed by atoms with Crippen molar-refractivity contribution in [2.45, 2.75) is 13.3 Å². The number of nitriles is 1. The summed E-state index contributed by atoms with van der Waals surface area (Å²) in [6.45, 7) is 2.17. The van der Waals surface area contributed by atoms with Gasteiger partial charge in [-0.2, -0.15) is 5.26 Å². The Kier molecular flexibility index (Phi) is 3.76. The van der Waals surface area contributed by atoms with Gasteiger partial charge in [-0.25, -0.2) is 4.79 Å². The molecule has 0 atom stereocenters. The summed E-state index contributed by atoms with van der Waals surface area (Å²) in [5.41, 5.74) is 5.34. The van der Waals surface area contributed by atoms with Crippen molar-refractivity contribution in [3.63, 3.8) is 0 Å². The van der Waals surface area contributed by atoms with Crippen LogP contribution >= 0.6 is 0 Å². The highest BCUT2D eigenvalue weighted by Crippen LogP contribution is 2.37. The predicted octanol–water partition coefficient (Wildman–Crippen LogP) is 3.48. The van der Waals surface area contributed by atoms with Crippen molar-refractivity contribution in [2.24, 2.45) is 0 Å². The number of benzene rings is 2. The fourth-order valence-electron chi connectivity index (χ4n) is 2.79. The maximum Gasteiger partial charge on any atom is 0.334 e. The molecule has 0 unspecified atom stereocenters. The maximum atomic E-state index is 12.3. The summed E-state index contributed by atoms with van der Waals surface area (Å²) in [6.07, 6.45) is 0.588. The zero-order valence-electron chi connectivity index (χ0n) is 12.3. The first-order valence-electron chi connectivity index (χ1n) is 7.23. The predicted molar refractivity (Wildman–Crippen MR) is 84.0 cm³/mol. The van der Waals surface area contributed by atoms with Crippen LogP contribution in [0.5, 0.6) is 0 Å². The molecule has 0 aromatic heterocycles. The molecule has 108 valence electrons. The highest BCUT2D eigenvalue weighted by molar-refractivity contribution is 6.05. The molecule has 0 N–H and O–H groups in total. The molecule has 0 heterocycles. The van der Waals surface area contributed by atoms with Crippen molar-refractivity contribution in [1.82, 2.24) is 0 Å². The third-order valence-electron chi connectivity index (χ3n) is 3.78. The van der Waals surface area contributed by atoms with E-state index in [1.807, 2.05) is 43.3 Å². The summed E-state index contributed by atoms with van der Waals surface area (Å²) in [4.78, 5) is 12.3. The van der Waals surface area contributed by atoms with Gasteiger partial charge in [0.05, 0.1) is 18.2 Å². The molecule has 0 radical (unpaired) electrons. The van der Waals surface area contributed by atoms with Gasteiger partial charge in [0.25, 0.3) is 0 Å². The van der Waals surface area contributed by atoms with Crippen LogP contribution in [0.1, 0.15) is 29.2 Å². The van der Waals surface area contributed by atoms with Crippen molar-refractivity contribution in [2.75, 3.05) is 6.61 Å². The minimum Gasteiger partial charge on any atom is -0.463 e. The van der Waals surface area contributed by atoms with Gasteiger partial charge in [0.1, 0.15) is 0 Å². The number of carbonyl (C=O) groups excluding carboxylic acids is 1. The molecule has 0 fully saturated rings. The number of ether oxygens (including phenoxy) is 1. The molecule has 3 heteroatoms. The van der Waals surface area contributed by atoms with Crippen molar-refractivity contribution >= 4 is 11.5 Å². The monoisotopic (exact) mass is 289 g/mol. The van der Waals surface area contributed by atoms with E-state index in [1.165, 1.54) is 0 Å². The number of rotatable bonds is 3. The highest BCUT2D eigenvalue weighted by atomic mass is 16.5. The van der Waals surface area contributed by atoms with E-state index in [0.717, 1.165) is 22.3 Å². The van der Waals surface area contributed by atoms with Gasteiger partial charge in [0.15, 0.2) is 0 Å². The van der Waals surface area contributed by atoms with Gasteiger partial charge in [-0.05, 0) is 41.3 Å². The third kappa shape index (κ3) is 2.40. The van der Waals surface area contributed by atoms with Crippen LogP contribution < -0.4 is 0 Å². The summed E-state index contributed by atoms with van der Waals surface area (Å²) >= 11 is 0. The van der Waals surface area contributed by atoms with Crippen molar-refractivity contribution < 1.29 is 9.53 Å². The van der Waals surface area contributed by atoms with Crippen molar-refractivity contribution in [3.05, 3.63) is 76.4 Å². The Bertz CT molecular complexity index is 795. The molecule has 0 saturated carbocycles. The third-order valence-corrected chi connectivity index (χ3v) is 3.78. The smallest absolute Gasteiger partial charge is 0.334 e. The van der Waals surface area contributed by atoms with E-state index in [0.29, 0.717) is 24.2 Å². The largest absolute Gasteiger partial charge is 0.463 e. The van der Waals surface area contributed by atoms with E-state index in [2.05, 4.69) is 6.07 Å². The minimum atomic E-state index is -0.266. The van der Waals surface area contributed by atoms with Crippen molar-refractivity contribution in [1.29, 1.82) is 5.26 Å². The zero-order valence-corrected chi connectivity index (χ0v) is 12.3. The molecule has 0 bridgehead atoms. The SMILES string of the molecule is CCOC(=O)C1=C(c2ccc(C#N)cc2)c2ccccc2C1. The normalized spacial score (nSPS) is 12.7. The molecular formula is C19H15NO2. The van der Waals surface area contributed by atoms with Gasteiger partial charge in [0, 0.05) is 12.0 Å². The van der Waals surface area contributed by atoms with Gasteiger partial charge < -0.3 is 4.74 Å². The molecular weight excluding hydrogens is 274 g/mol.